The molecule has 1 saturated carbocycles. The van der Waals surface area contributed by atoms with Crippen LogP contribution in [-0.4, -0.2) is 23.3 Å². The van der Waals surface area contributed by atoms with Crippen molar-refractivity contribution in [2.45, 2.75) is 12.8 Å². The molecule has 2 aliphatic rings. The molecule has 0 saturated heterocycles. The van der Waals surface area contributed by atoms with Gasteiger partial charge in [0.2, 0.25) is 5.91 Å². The molecule has 0 radical (unpaired) electrons. The molecule has 0 aromatic heterocycles. The molecule has 2 bridgehead atoms. The lowest BCUT2D eigenvalue weighted by Gasteiger charge is -2.24. The van der Waals surface area contributed by atoms with Crippen LogP contribution in [-0.2, 0) is 9.59 Å². The Morgan fingerprint density at radius 2 is 1.83 bits per heavy atom. The quantitative estimate of drug-likeness (QED) is 0.826. The predicted molar refractivity (Wildman–Crippen MR) is 77.1 cm³/mol. The number of fused-ring (bicyclic) bond motifs is 2. The summed E-state index contributed by atoms with van der Waals surface area (Å²) in [6, 6.07) is 4.89. The van der Waals surface area contributed by atoms with Crippen LogP contribution >= 0.6 is 0 Å². The van der Waals surface area contributed by atoms with Crippen LogP contribution in [0, 0.1) is 23.7 Å². The highest BCUT2D eigenvalue weighted by molar-refractivity contribution is 5.96. The van der Waals surface area contributed by atoms with E-state index in [0.717, 1.165) is 12.1 Å². The first kappa shape index (κ1) is 16.4. The van der Waals surface area contributed by atoms with E-state index in [0.29, 0.717) is 6.42 Å². The number of benzene rings is 1. The zero-order valence-electron chi connectivity index (χ0n) is 12.3. The zero-order valence-corrected chi connectivity index (χ0v) is 12.3. The van der Waals surface area contributed by atoms with Gasteiger partial charge in [-0.25, -0.2) is 0 Å². The van der Waals surface area contributed by atoms with E-state index in [1.807, 2.05) is 12.2 Å². The molecule has 1 aromatic carbocycles. The second kappa shape index (κ2) is 5.85. The van der Waals surface area contributed by atoms with Gasteiger partial charge in [0.05, 0.1) is 11.8 Å². The number of allylic oxidation sites excluding steroid dienone is 2. The van der Waals surface area contributed by atoms with Crippen LogP contribution < -0.4 is 10.1 Å². The summed E-state index contributed by atoms with van der Waals surface area (Å²) >= 11 is 0. The van der Waals surface area contributed by atoms with Crippen molar-refractivity contribution in [2.24, 2.45) is 23.7 Å². The standard InChI is InChI=1S/C16H14F3NO4/c17-16(18,19)24-11-3-1-2-10(7-11)20-14(21)12-8-4-5-9(6-8)13(12)15(22)23/h1-5,7-9,12-13H,6H2,(H,20,21)(H,22,23)/t8-,9-,12+,13+/m0/s1. The smallest absolute Gasteiger partial charge is 0.481 e. The summed E-state index contributed by atoms with van der Waals surface area (Å²) in [6.45, 7) is 0. The Labute approximate surface area is 135 Å². The summed E-state index contributed by atoms with van der Waals surface area (Å²) in [6.07, 6.45) is -0.582. The molecular weight excluding hydrogens is 327 g/mol. The number of halogens is 3. The molecule has 2 aliphatic carbocycles. The largest absolute Gasteiger partial charge is 0.573 e. The van der Waals surface area contributed by atoms with E-state index < -0.39 is 35.8 Å². The monoisotopic (exact) mass is 341 g/mol. The molecule has 5 nitrogen and oxygen atoms in total. The van der Waals surface area contributed by atoms with E-state index in [-0.39, 0.29) is 17.5 Å². The van der Waals surface area contributed by atoms with Gasteiger partial charge in [-0.1, -0.05) is 18.2 Å². The number of carboxylic acids is 1. The number of aliphatic carboxylic acids is 1. The SMILES string of the molecule is O=C(O)[C@H]1[C@H](C(=O)Nc2cccc(OC(F)(F)F)c2)[C@H]2C=C[C@H]1C2. The summed E-state index contributed by atoms with van der Waals surface area (Å²) in [5.41, 5.74) is 0.123. The minimum absolute atomic E-state index is 0.123. The van der Waals surface area contributed by atoms with Crippen LogP contribution in [0.1, 0.15) is 6.42 Å². The van der Waals surface area contributed by atoms with Gasteiger partial charge < -0.3 is 15.2 Å². The minimum atomic E-state index is -4.83. The van der Waals surface area contributed by atoms with Crippen LogP contribution in [0.3, 0.4) is 0 Å². The molecular formula is C16H14F3NO4. The number of nitrogens with one attached hydrogen (secondary N) is 1. The second-order valence-corrected chi connectivity index (χ2v) is 5.90. The highest BCUT2D eigenvalue weighted by atomic mass is 19.4. The van der Waals surface area contributed by atoms with Crippen LogP contribution in [0.25, 0.3) is 0 Å². The van der Waals surface area contributed by atoms with E-state index in [9.17, 15) is 27.9 Å². The molecule has 0 heterocycles. The number of ether oxygens (including phenoxy) is 1. The second-order valence-electron chi connectivity index (χ2n) is 5.90. The van der Waals surface area contributed by atoms with Gasteiger partial charge in [0.1, 0.15) is 5.75 Å². The maximum absolute atomic E-state index is 12.4. The summed E-state index contributed by atoms with van der Waals surface area (Å²) in [5.74, 6) is -3.89. The van der Waals surface area contributed by atoms with Crippen molar-refractivity contribution in [1.82, 2.24) is 0 Å². The topological polar surface area (TPSA) is 75.6 Å². The average molecular weight is 341 g/mol. The van der Waals surface area contributed by atoms with E-state index in [1.165, 1.54) is 12.1 Å². The molecule has 1 amide bonds. The van der Waals surface area contributed by atoms with Crippen molar-refractivity contribution in [1.29, 1.82) is 0 Å². The lowest BCUT2D eigenvalue weighted by Crippen LogP contribution is -2.36. The summed E-state index contributed by atoms with van der Waals surface area (Å²) in [5, 5.41) is 11.8. The van der Waals surface area contributed by atoms with Crippen LogP contribution in [0.4, 0.5) is 18.9 Å². The van der Waals surface area contributed by atoms with Crippen molar-refractivity contribution in [2.75, 3.05) is 5.32 Å². The lowest BCUT2D eigenvalue weighted by molar-refractivity contribution is -0.274. The highest BCUT2D eigenvalue weighted by Crippen LogP contribution is 2.48. The van der Waals surface area contributed by atoms with Gasteiger partial charge in [0, 0.05) is 11.8 Å². The van der Waals surface area contributed by atoms with Crippen molar-refractivity contribution in [3.05, 3.63) is 36.4 Å². The number of amides is 1. The summed E-state index contributed by atoms with van der Waals surface area (Å²) in [7, 11) is 0. The van der Waals surface area contributed by atoms with Crippen molar-refractivity contribution in [3.8, 4) is 5.75 Å². The number of hydrogen-bond acceptors (Lipinski definition) is 3. The van der Waals surface area contributed by atoms with Gasteiger partial charge in [-0.3, -0.25) is 9.59 Å². The van der Waals surface area contributed by atoms with Gasteiger partial charge in [-0.15, -0.1) is 13.2 Å². The number of hydrogen-bond donors (Lipinski definition) is 2. The fraction of sp³-hybridized carbons (Fsp3) is 0.375. The van der Waals surface area contributed by atoms with Crippen LogP contribution in [0.15, 0.2) is 36.4 Å². The van der Waals surface area contributed by atoms with Gasteiger partial charge in [0.15, 0.2) is 0 Å². The third-order valence-corrected chi connectivity index (χ3v) is 4.38. The first-order valence-corrected chi connectivity index (χ1v) is 7.32. The van der Waals surface area contributed by atoms with Gasteiger partial charge >= 0.3 is 12.3 Å². The zero-order chi connectivity index (χ0) is 17.5. The number of anilines is 1. The third kappa shape index (κ3) is 3.22. The lowest BCUT2D eigenvalue weighted by atomic mass is 9.82. The number of carboxylic acid groups (broad SMARTS) is 1. The molecule has 3 rings (SSSR count). The molecule has 8 heteroatoms. The maximum atomic E-state index is 12.4. The fourth-order valence-corrected chi connectivity index (χ4v) is 3.51. The third-order valence-electron chi connectivity index (χ3n) is 4.38. The molecule has 0 spiro atoms. The highest BCUT2D eigenvalue weighted by Gasteiger charge is 2.51. The number of alkyl halides is 3. The Hall–Kier alpha value is -2.51. The summed E-state index contributed by atoms with van der Waals surface area (Å²) in [4.78, 5) is 23.9. The maximum Gasteiger partial charge on any atom is 0.573 e. The molecule has 128 valence electrons. The van der Waals surface area contributed by atoms with E-state index in [1.54, 1.807) is 0 Å². The molecule has 4 atom stereocenters. The predicted octanol–water partition coefficient (Wildman–Crippen LogP) is 3.05. The Balaban J connectivity index is 1.74. The van der Waals surface area contributed by atoms with E-state index in [4.69, 9.17) is 0 Å². The minimum Gasteiger partial charge on any atom is -0.481 e. The molecule has 1 fully saturated rings. The molecule has 2 N–H and O–H groups in total. The Kier molecular flexibility index (Phi) is 3.98. The first-order valence-electron chi connectivity index (χ1n) is 7.32. The molecule has 1 aromatic rings. The van der Waals surface area contributed by atoms with Crippen molar-refractivity contribution in [3.63, 3.8) is 0 Å². The summed E-state index contributed by atoms with van der Waals surface area (Å²) < 4.78 is 40.5. The van der Waals surface area contributed by atoms with Crippen LogP contribution in [0.2, 0.25) is 0 Å². The number of carbonyl (C=O) groups excluding carboxylic acids is 1. The fourth-order valence-electron chi connectivity index (χ4n) is 3.51. The van der Waals surface area contributed by atoms with Gasteiger partial charge in [0.25, 0.3) is 0 Å². The number of carbonyl (C=O) groups is 2. The average Bonchev–Trinajstić information content (AvgIpc) is 3.06. The van der Waals surface area contributed by atoms with Crippen molar-refractivity contribution >= 4 is 17.6 Å². The molecule has 0 aliphatic heterocycles. The molecule has 0 unspecified atom stereocenters. The van der Waals surface area contributed by atoms with Gasteiger partial charge in [-0.2, -0.15) is 0 Å². The molecule has 24 heavy (non-hydrogen) atoms. The van der Waals surface area contributed by atoms with E-state index in [2.05, 4.69) is 10.1 Å². The Morgan fingerprint density at radius 3 is 2.46 bits per heavy atom. The van der Waals surface area contributed by atoms with E-state index >= 15 is 0 Å². The first-order chi connectivity index (χ1) is 11.2. The Bertz CT molecular complexity index is 701. The van der Waals surface area contributed by atoms with Gasteiger partial charge in [-0.05, 0) is 30.4 Å². The Morgan fingerprint density at radius 1 is 1.17 bits per heavy atom. The van der Waals surface area contributed by atoms with Crippen molar-refractivity contribution < 1.29 is 32.6 Å². The van der Waals surface area contributed by atoms with Crippen LogP contribution in [0.5, 0.6) is 5.75 Å². The number of rotatable bonds is 4. The normalized spacial score (nSPS) is 28.0.